The second kappa shape index (κ2) is 3.03. The van der Waals surface area contributed by atoms with Crippen molar-refractivity contribution in [3.8, 4) is 0 Å². The molecule has 0 heterocycles. The number of rotatable bonds is 1. The normalized spacial score (nSPS) is 13.1. The van der Waals surface area contributed by atoms with E-state index in [4.69, 9.17) is 0 Å². The Balaban J connectivity index is 3.21. The van der Waals surface area contributed by atoms with Gasteiger partial charge in [0.05, 0.1) is 7.05 Å². The first-order valence-electron chi connectivity index (χ1n) is 3.70. The average Bonchev–Trinajstić information content (AvgIpc) is 1.85. The van der Waals surface area contributed by atoms with Crippen molar-refractivity contribution in [3.05, 3.63) is 34.5 Å². The topological polar surface area (TPSA) is 27.5 Å². The van der Waals surface area contributed by atoms with Crippen molar-refractivity contribution >= 4 is 5.69 Å². The highest BCUT2D eigenvalue weighted by Crippen LogP contribution is 2.13. The van der Waals surface area contributed by atoms with E-state index in [1.807, 2.05) is 32.0 Å². The maximum Gasteiger partial charge on any atom is 0.136 e. The van der Waals surface area contributed by atoms with Gasteiger partial charge in [-0.05, 0) is 13.8 Å². The van der Waals surface area contributed by atoms with Crippen molar-refractivity contribution < 1.29 is 5.06 Å². The van der Waals surface area contributed by atoms with Gasteiger partial charge in [0.2, 0.25) is 0 Å². The zero-order valence-corrected chi connectivity index (χ0v) is 7.14. The number of hydroxylamine groups is 1. The van der Waals surface area contributed by atoms with Crippen molar-refractivity contribution in [3.63, 3.8) is 0 Å². The summed E-state index contributed by atoms with van der Waals surface area (Å²) in [6.07, 6.45) is 0. The lowest BCUT2D eigenvalue weighted by Gasteiger charge is -2.19. The first kappa shape index (κ1) is 8.24. The molecule has 11 heavy (non-hydrogen) atoms. The predicted molar refractivity (Wildman–Crippen MR) is 45.8 cm³/mol. The van der Waals surface area contributed by atoms with Gasteiger partial charge in [-0.15, -0.1) is 0 Å². The highest BCUT2D eigenvalue weighted by molar-refractivity contribution is 5.45. The van der Waals surface area contributed by atoms with Gasteiger partial charge >= 0.3 is 0 Å². The minimum absolute atomic E-state index is 0.153. The number of hydrogen-bond donors (Lipinski definition) is 1. The number of hydrogen-bond acceptors (Lipinski definition) is 1. The van der Waals surface area contributed by atoms with Crippen LogP contribution in [0.2, 0.25) is 0 Å². The Labute approximate surface area is 67.0 Å². The summed E-state index contributed by atoms with van der Waals surface area (Å²) >= 11 is 0. The molecule has 1 unspecified atom stereocenters. The Hall–Kier alpha value is -0.860. The zero-order valence-electron chi connectivity index (χ0n) is 7.14. The summed E-state index contributed by atoms with van der Waals surface area (Å²) in [7, 11) is 1.61. The second-order valence-corrected chi connectivity index (χ2v) is 2.82. The monoisotopic (exact) mass is 151 g/mol. The molecule has 0 radical (unpaired) electrons. The van der Waals surface area contributed by atoms with E-state index in [1.165, 1.54) is 0 Å². The van der Waals surface area contributed by atoms with Crippen molar-refractivity contribution in [2.75, 3.05) is 7.05 Å². The number of benzene rings is 1. The first-order chi connectivity index (χ1) is 5.13. The zero-order chi connectivity index (χ0) is 8.43. The first-order valence-corrected chi connectivity index (χ1v) is 3.70. The maximum absolute atomic E-state index is 11.1. The van der Waals surface area contributed by atoms with Crippen LogP contribution in [0.4, 0.5) is 5.69 Å². The van der Waals surface area contributed by atoms with Gasteiger partial charge < -0.3 is 10.3 Å². The minimum Gasteiger partial charge on any atom is -0.629 e. The van der Waals surface area contributed by atoms with E-state index in [0.29, 0.717) is 0 Å². The third-order valence-electron chi connectivity index (χ3n) is 1.83. The molecule has 1 atom stereocenters. The molecule has 1 rings (SSSR count). The fourth-order valence-electron chi connectivity index (χ4n) is 1.37. The van der Waals surface area contributed by atoms with Crippen LogP contribution in [0, 0.1) is 19.1 Å². The molecule has 0 aliphatic carbocycles. The molecule has 0 saturated carbocycles. The fraction of sp³-hybridized carbons (Fsp3) is 0.333. The molecular formula is C9H13NO. The van der Waals surface area contributed by atoms with Crippen molar-refractivity contribution in [1.29, 1.82) is 0 Å². The summed E-state index contributed by atoms with van der Waals surface area (Å²) in [5.74, 6) is 0. The molecule has 0 spiro atoms. The van der Waals surface area contributed by atoms with Crippen LogP contribution in [0.1, 0.15) is 11.1 Å². The van der Waals surface area contributed by atoms with Gasteiger partial charge in [-0.2, -0.15) is 0 Å². The molecular weight excluding hydrogens is 138 g/mol. The van der Waals surface area contributed by atoms with Gasteiger partial charge in [0.15, 0.2) is 0 Å². The molecule has 1 N–H and O–H groups in total. The predicted octanol–water partition coefficient (Wildman–Crippen LogP) is 0.947. The van der Waals surface area contributed by atoms with Gasteiger partial charge in [-0.25, -0.2) is 0 Å². The van der Waals surface area contributed by atoms with Crippen LogP contribution in [0.3, 0.4) is 0 Å². The molecule has 0 aliphatic rings. The van der Waals surface area contributed by atoms with Gasteiger partial charge in [-0.3, -0.25) is 0 Å². The molecule has 0 amide bonds. The molecule has 0 fully saturated rings. The van der Waals surface area contributed by atoms with Crippen LogP contribution in [0.25, 0.3) is 0 Å². The lowest BCUT2D eigenvalue weighted by molar-refractivity contribution is -0.752. The van der Waals surface area contributed by atoms with Gasteiger partial charge in [0.1, 0.15) is 5.69 Å². The van der Waals surface area contributed by atoms with Crippen molar-refractivity contribution in [2.24, 2.45) is 0 Å². The summed E-state index contributed by atoms with van der Waals surface area (Å²) in [6.45, 7) is 3.92. The van der Waals surface area contributed by atoms with E-state index in [0.717, 1.165) is 16.8 Å². The Morgan fingerprint density at radius 1 is 1.18 bits per heavy atom. The largest absolute Gasteiger partial charge is 0.629 e. The minimum atomic E-state index is 0.153. The summed E-state index contributed by atoms with van der Waals surface area (Å²) in [6, 6.07) is 5.89. The van der Waals surface area contributed by atoms with E-state index in [1.54, 1.807) is 7.05 Å². The van der Waals surface area contributed by atoms with E-state index in [2.05, 4.69) is 0 Å². The SMILES string of the molecule is Cc1cccc(C)c1[NH+](C)[O-]. The Morgan fingerprint density at radius 3 is 1.91 bits per heavy atom. The highest BCUT2D eigenvalue weighted by atomic mass is 16.5. The molecule has 0 bridgehead atoms. The van der Waals surface area contributed by atoms with Gasteiger partial charge in [0.25, 0.3) is 0 Å². The van der Waals surface area contributed by atoms with Crippen molar-refractivity contribution in [1.82, 2.24) is 0 Å². The highest BCUT2D eigenvalue weighted by Gasteiger charge is 2.04. The molecule has 0 aromatic heterocycles. The number of nitrogens with one attached hydrogen (secondary N) is 1. The van der Waals surface area contributed by atoms with Gasteiger partial charge in [-0.1, -0.05) is 18.2 Å². The average molecular weight is 151 g/mol. The lowest BCUT2D eigenvalue weighted by atomic mass is 10.1. The van der Waals surface area contributed by atoms with E-state index in [-0.39, 0.29) is 5.06 Å². The van der Waals surface area contributed by atoms with Crippen LogP contribution in [-0.4, -0.2) is 7.05 Å². The van der Waals surface area contributed by atoms with E-state index in [9.17, 15) is 5.21 Å². The molecule has 0 saturated heterocycles. The summed E-state index contributed by atoms with van der Waals surface area (Å²) < 4.78 is 0. The quantitative estimate of drug-likeness (QED) is 0.594. The number of para-hydroxylation sites is 1. The Morgan fingerprint density at radius 2 is 1.64 bits per heavy atom. The van der Waals surface area contributed by atoms with E-state index >= 15 is 0 Å². The smallest absolute Gasteiger partial charge is 0.136 e. The third kappa shape index (κ3) is 1.59. The molecule has 1 aromatic rings. The number of quaternary nitrogens is 1. The van der Waals surface area contributed by atoms with Crippen molar-refractivity contribution in [2.45, 2.75) is 13.8 Å². The molecule has 60 valence electrons. The lowest BCUT2D eigenvalue weighted by Crippen LogP contribution is -2.98. The third-order valence-corrected chi connectivity index (χ3v) is 1.83. The second-order valence-electron chi connectivity index (χ2n) is 2.82. The molecule has 1 aromatic carbocycles. The van der Waals surface area contributed by atoms with Crippen LogP contribution >= 0.6 is 0 Å². The summed E-state index contributed by atoms with van der Waals surface area (Å²) in [4.78, 5) is 0. The number of aryl methyl sites for hydroxylation is 2. The van der Waals surface area contributed by atoms with Crippen LogP contribution < -0.4 is 5.06 Å². The molecule has 2 nitrogen and oxygen atoms in total. The van der Waals surface area contributed by atoms with Crippen LogP contribution in [-0.2, 0) is 0 Å². The standard InChI is InChI=1S/C9H13NO/c1-7-5-4-6-8(2)9(7)10(3)11/h4-6,10H,1-3H3. The van der Waals surface area contributed by atoms with Crippen LogP contribution in [0.5, 0.6) is 0 Å². The maximum atomic E-state index is 11.1. The summed E-state index contributed by atoms with van der Waals surface area (Å²) in [5, 5.41) is 11.2. The van der Waals surface area contributed by atoms with Gasteiger partial charge in [0, 0.05) is 11.1 Å². The molecule has 0 aliphatic heterocycles. The Bertz CT molecular complexity index is 235. The Kier molecular flexibility index (Phi) is 2.27. The van der Waals surface area contributed by atoms with E-state index < -0.39 is 0 Å². The van der Waals surface area contributed by atoms with Crippen LogP contribution in [0.15, 0.2) is 18.2 Å². The molecule has 2 heteroatoms. The fourth-order valence-corrected chi connectivity index (χ4v) is 1.37. The summed E-state index contributed by atoms with van der Waals surface area (Å²) in [5.41, 5.74) is 3.00.